The standard InChI is InChI=1S/C19H20FN3O4S/c20-15-6-4-13(5-7-15)8-9-22-19(25)14-10-18(24)23(12-14)16-2-1-3-17(11-16)28(21,26)27/h1-7,11,14H,8-10,12H2,(H,22,25)(H2,21,26,27)/t14-/m0/s1. The molecule has 2 aromatic rings. The van der Waals surface area contributed by atoms with E-state index in [0.29, 0.717) is 18.7 Å². The summed E-state index contributed by atoms with van der Waals surface area (Å²) in [6.07, 6.45) is 0.592. The molecule has 28 heavy (non-hydrogen) atoms. The second-order valence-corrected chi connectivity index (χ2v) is 8.18. The molecule has 3 N–H and O–H groups in total. The van der Waals surface area contributed by atoms with Gasteiger partial charge in [-0.05, 0) is 42.3 Å². The number of primary sulfonamides is 1. The number of carbonyl (C=O) groups excluding carboxylic acids is 2. The van der Waals surface area contributed by atoms with Crippen LogP contribution >= 0.6 is 0 Å². The Bertz CT molecular complexity index is 992. The van der Waals surface area contributed by atoms with E-state index in [0.717, 1.165) is 5.56 Å². The molecule has 2 aromatic carbocycles. The number of amides is 2. The van der Waals surface area contributed by atoms with Gasteiger partial charge in [0, 0.05) is 25.2 Å². The van der Waals surface area contributed by atoms with Crippen LogP contribution in [-0.2, 0) is 26.0 Å². The van der Waals surface area contributed by atoms with Gasteiger partial charge in [0.2, 0.25) is 21.8 Å². The molecule has 0 bridgehead atoms. The number of nitrogens with two attached hydrogens (primary N) is 1. The normalized spacial score (nSPS) is 17.0. The van der Waals surface area contributed by atoms with Crippen molar-refractivity contribution in [3.8, 4) is 0 Å². The van der Waals surface area contributed by atoms with Crippen molar-refractivity contribution in [2.75, 3.05) is 18.0 Å². The minimum atomic E-state index is -3.88. The van der Waals surface area contributed by atoms with Crippen LogP contribution in [0.5, 0.6) is 0 Å². The van der Waals surface area contributed by atoms with Crippen LogP contribution in [0, 0.1) is 11.7 Å². The van der Waals surface area contributed by atoms with Crippen molar-refractivity contribution < 1.29 is 22.4 Å². The molecule has 7 nitrogen and oxygen atoms in total. The van der Waals surface area contributed by atoms with E-state index in [1.54, 1.807) is 18.2 Å². The first-order valence-electron chi connectivity index (χ1n) is 8.69. The van der Waals surface area contributed by atoms with Crippen molar-refractivity contribution in [2.24, 2.45) is 11.1 Å². The first-order valence-corrected chi connectivity index (χ1v) is 10.2. The van der Waals surface area contributed by atoms with Gasteiger partial charge in [0.15, 0.2) is 0 Å². The zero-order valence-electron chi connectivity index (χ0n) is 15.0. The maximum absolute atomic E-state index is 12.9. The minimum Gasteiger partial charge on any atom is -0.355 e. The molecule has 1 aliphatic heterocycles. The van der Waals surface area contributed by atoms with Crippen LogP contribution in [0.15, 0.2) is 53.4 Å². The van der Waals surface area contributed by atoms with Crippen molar-refractivity contribution in [1.29, 1.82) is 0 Å². The van der Waals surface area contributed by atoms with Crippen LogP contribution in [0.2, 0.25) is 0 Å². The highest BCUT2D eigenvalue weighted by atomic mass is 32.2. The Morgan fingerprint density at radius 2 is 1.93 bits per heavy atom. The summed E-state index contributed by atoms with van der Waals surface area (Å²) >= 11 is 0. The average Bonchev–Trinajstić information content (AvgIpc) is 3.04. The van der Waals surface area contributed by atoms with Gasteiger partial charge in [0.25, 0.3) is 0 Å². The van der Waals surface area contributed by atoms with Crippen LogP contribution in [0.1, 0.15) is 12.0 Å². The maximum Gasteiger partial charge on any atom is 0.238 e. The molecule has 0 radical (unpaired) electrons. The van der Waals surface area contributed by atoms with E-state index in [2.05, 4.69) is 5.32 Å². The Morgan fingerprint density at radius 1 is 1.21 bits per heavy atom. The molecule has 1 aliphatic rings. The molecule has 0 unspecified atom stereocenters. The number of anilines is 1. The Hall–Kier alpha value is -2.78. The molecule has 148 valence electrons. The van der Waals surface area contributed by atoms with Crippen molar-refractivity contribution in [3.05, 3.63) is 59.9 Å². The fourth-order valence-electron chi connectivity index (χ4n) is 3.09. The number of nitrogens with zero attached hydrogens (tertiary/aromatic N) is 1. The number of sulfonamides is 1. The summed E-state index contributed by atoms with van der Waals surface area (Å²) < 4.78 is 35.9. The van der Waals surface area contributed by atoms with Crippen LogP contribution in [0.25, 0.3) is 0 Å². The van der Waals surface area contributed by atoms with Gasteiger partial charge in [-0.15, -0.1) is 0 Å². The fraction of sp³-hybridized carbons (Fsp3) is 0.263. The number of benzene rings is 2. The first kappa shape index (κ1) is 20.0. The molecule has 0 spiro atoms. The van der Waals surface area contributed by atoms with Crippen LogP contribution < -0.4 is 15.4 Å². The second kappa shape index (κ2) is 8.07. The molecular formula is C19H20FN3O4S. The van der Waals surface area contributed by atoms with Gasteiger partial charge in [-0.3, -0.25) is 9.59 Å². The highest BCUT2D eigenvalue weighted by molar-refractivity contribution is 7.89. The van der Waals surface area contributed by atoms with E-state index in [4.69, 9.17) is 5.14 Å². The number of hydrogen-bond acceptors (Lipinski definition) is 4. The van der Waals surface area contributed by atoms with E-state index in [1.165, 1.54) is 35.2 Å². The summed E-state index contributed by atoms with van der Waals surface area (Å²) in [7, 11) is -3.88. The minimum absolute atomic E-state index is 0.0436. The zero-order valence-corrected chi connectivity index (χ0v) is 15.8. The third kappa shape index (κ3) is 4.73. The number of carbonyl (C=O) groups is 2. The van der Waals surface area contributed by atoms with E-state index in [1.807, 2.05) is 0 Å². The Balaban J connectivity index is 1.59. The smallest absolute Gasteiger partial charge is 0.238 e. The molecule has 1 saturated heterocycles. The lowest BCUT2D eigenvalue weighted by Crippen LogP contribution is -2.34. The molecule has 2 amide bonds. The molecule has 1 atom stereocenters. The number of hydrogen-bond donors (Lipinski definition) is 2. The van der Waals surface area contributed by atoms with E-state index in [9.17, 15) is 22.4 Å². The van der Waals surface area contributed by atoms with Crippen LogP contribution in [0.4, 0.5) is 10.1 Å². The lowest BCUT2D eigenvalue weighted by atomic mass is 10.1. The summed E-state index contributed by atoms with van der Waals surface area (Å²) in [6.45, 7) is 0.533. The maximum atomic E-state index is 12.9. The average molecular weight is 405 g/mol. The predicted octanol–water partition coefficient (Wildman–Crippen LogP) is 1.18. The molecule has 0 aliphatic carbocycles. The number of halogens is 1. The van der Waals surface area contributed by atoms with Crippen molar-refractivity contribution >= 4 is 27.5 Å². The van der Waals surface area contributed by atoms with Crippen molar-refractivity contribution in [1.82, 2.24) is 5.32 Å². The largest absolute Gasteiger partial charge is 0.355 e. The van der Waals surface area contributed by atoms with Gasteiger partial charge in [0.1, 0.15) is 5.82 Å². The Kier molecular flexibility index (Phi) is 5.76. The molecule has 1 heterocycles. The lowest BCUT2D eigenvalue weighted by Gasteiger charge is -2.17. The summed E-state index contributed by atoms with van der Waals surface area (Å²) in [6, 6.07) is 11.8. The third-order valence-electron chi connectivity index (χ3n) is 4.58. The quantitative estimate of drug-likeness (QED) is 0.752. The van der Waals surface area contributed by atoms with E-state index >= 15 is 0 Å². The van der Waals surface area contributed by atoms with Crippen molar-refractivity contribution in [2.45, 2.75) is 17.7 Å². The first-order chi connectivity index (χ1) is 13.2. The molecule has 9 heteroatoms. The fourth-order valence-corrected chi connectivity index (χ4v) is 3.64. The summed E-state index contributed by atoms with van der Waals surface area (Å²) in [5.41, 5.74) is 1.28. The lowest BCUT2D eigenvalue weighted by molar-refractivity contribution is -0.126. The SMILES string of the molecule is NS(=O)(=O)c1cccc(N2C[C@@H](C(=O)NCCc3ccc(F)cc3)CC2=O)c1. The number of nitrogens with one attached hydrogen (secondary N) is 1. The Labute approximate surface area is 162 Å². The van der Waals surface area contributed by atoms with Gasteiger partial charge in [-0.25, -0.2) is 17.9 Å². The third-order valence-corrected chi connectivity index (χ3v) is 5.49. The molecule has 0 aromatic heterocycles. The molecular weight excluding hydrogens is 385 g/mol. The molecule has 0 saturated carbocycles. The van der Waals surface area contributed by atoms with Crippen molar-refractivity contribution in [3.63, 3.8) is 0 Å². The Morgan fingerprint density at radius 3 is 2.61 bits per heavy atom. The zero-order chi connectivity index (χ0) is 20.3. The summed E-state index contributed by atoms with van der Waals surface area (Å²) in [5, 5.41) is 7.92. The summed E-state index contributed by atoms with van der Waals surface area (Å²) in [5.74, 6) is -1.35. The summed E-state index contributed by atoms with van der Waals surface area (Å²) in [4.78, 5) is 26.0. The predicted molar refractivity (Wildman–Crippen MR) is 101 cm³/mol. The van der Waals surface area contributed by atoms with Crippen LogP contribution in [-0.4, -0.2) is 33.3 Å². The molecule has 3 rings (SSSR count). The topological polar surface area (TPSA) is 110 Å². The highest BCUT2D eigenvalue weighted by Gasteiger charge is 2.35. The van der Waals surface area contributed by atoms with Gasteiger partial charge in [-0.1, -0.05) is 18.2 Å². The number of rotatable bonds is 6. The second-order valence-electron chi connectivity index (χ2n) is 6.62. The molecule has 1 fully saturated rings. The van der Waals surface area contributed by atoms with Gasteiger partial charge in [0.05, 0.1) is 10.8 Å². The van der Waals surface area contributed by atoms with E-state index in [-0.39, 0.29) is 35.5 Å². The highest BCUT2D eigenvalue weighted by Crippen LogP contribution is 2.26. The monoisotopic (exact) mass is 405 g/mol. The van der Waals surface area contributed by atoms with Gasteiger partial charge >= 0.3 is 0 Å². The van der Waals surface area contributed by atoms with Gasteiger partial charge in [-0.2, -0.15) is 0 Å². The van der Waals surface area contributed by atoms with E-state index < -0.39 is 15.9 Å². The van der Waals surface area contributed by atoms with Gasteiger partial charge < -0.3 is 10.2 Å². The van der Waals surface area contributed by atoms with Crippen LogP contribution in [0.3, 0.4) is 0 Å².